The molecule has 25 heavy (non-hydrogen) atoms. The zero-order chi connectivity index (χ0) is 18.2. The van der Waals surface area contributed by atoms with E-state index in [0.29, 0.717) is 42.4 Å². The summed E-state index contributed by atoms with van der Waals surface area (Å²) < 4.78 is 5.62. The fraction of sp³-hybridized carbons (Fsp3) is 0.333. The minimum Gasteiger partial charge on any atom is -0.550 e. The summed E-state index contributed by atoms with van der Waals surface area (Å²) in [6.45, 7) is 1.52. The Hall–Kier alpha value is -2.64. The van der Waals surface area contributed by atoms with Gasteiger partial charge in [-0.25, -0.2) is 4.98 Å². The second-order valence-corrected chi connectivity index (χ2v) is 5.84. The van der Waals surface area contributed by atoms with E-state index in [-0.39, 0.29) is 6.42 Å². The van der Waals surface area contributed by atoms with Crippen LogP contribution in [0.2, 0.25) is 0 Å². The molecule has 0 unspecified atom stereocenters. The second kappa shape index (κ2) is 9.00. The van der Waals surface area contributed by atoms with Gasteiger partial charge in [0, 0.05) is 37.2 Å². The van der Waals surface area contributed by atoms with Crippen LogP contribution in [0, 0.1) is 0 Å². The summed E-state index contributed by atoms with van der Waals surface area (Å²) in [4.78, 5) is 16.4. The second-order valence-electron chi connectivity index (χ2n) is 5.84. The molecule has 0 bridgehead atoms. The predicted octanol–water partition coefficient (Wildman–Crippen LogP) is 0.000400. The lowest BCUT2D eigenvalue weighted by atomic mass is 10.1. The van der Waals surface area contributed by atoms with Crippen molar-refractivity contribution in [2.75, 3.05) is 32.5 Å². The van der Waals surface area contributed by atoms with E-state index >= 15 is 0 Å². The molecule has 1 atom stereocenters. The van der Waals surface area contributed by atoms with Gasteiger partial charge in [0.1, 0.15) is 18.2 Å². The zero-order valence-electron chi connectivity index (χ0n) is 14.1. The first kappa shape index (κ1) is 18.7. The van der Waals surface area contributed by atoms with E-state index in [1.54, 1.807) is 42.6 Å². The number of aliphatic hydroxyl groups is 1. The van der Waals surface area contributed by atoms with Crippen LogP contribution >= 0.6 is 0 Å². The number of nitrogen functional groups attached to an aromatic ring is 1. The molecule has 1 aromatic carbocycles. The summed E-state index contributed by atoms with van der Waals surface area (Å²) in [6.07, 6.45) is 0.807. The number of nitrogens with zero attached hydrogens (tertiary/aromatic N) is 2. The molecule has 0 amide bonds. The van der Waals surface area contributed by atoms with Crippen molar-refractivity contribution in [1.82, 2.24) is 9.88 Å². The Morgan fingerprint density at radius 2 is 2.04 bits per heavy atom. The number of carboxylic acids is 1. The molecule has 7 heteroatoms. The average molecular weight is 344 g/mol. The first-order chi connectivity index (χ1) is 11.9. The van der Waals surface area contributed by atoms with Gasteiger partial charge in [0.25, 0.3) is 0 Å². The van der Waals surface area contributed by atoms with Crippen molar-refractivity contribution >= 4 is 11.8 Å². The Labute approximate surface area is 146 Å². The smallest absolute Gasteiger partial charge is 0.123 e. The lowest BCUT2D eigenvalue weighted by molar-refractivity contribution is -0.304. The number of aromatic nitrogens is 1. The molecule has 0 spiro atoms. The SMILES string of the molecule is CN(CCOc1ccc(CC(=O)[O-])cc1)C[C@H](O)c1ccc(N)nc1. The lowest BCUT2D eigenvalue weighted by Crippen LogP contribution is -2.29. The molecule has 2 aromatic rings. The first-order valence-electron chi connectivity index (χ1n) is 7.93. The molecule has 3 N–H and O–H groups in total. The minimum absolute atomic E-state index is 0.110. The van der Waals surface area contributed by atoms with Gasteiger partial charge in [-0.1, -0.05) is 18.2 Å². The number of aliphatic carboxylic acids is 1. The third kappa shape index (κ3) is 6.40. The molecule has 0 aliphatic rings. The molecule has 2 rings (SSSR count). The Bertz CT molecular complexity index is 674. The summed E-state index contributed by atoms with van der Waals surface area (Å²) in [7, 11) is 1.89. The van der Waals surface area contributed by atoms with E-state index in [1.807, 2.05) is 11.9 Å². The summed E-state index contributed by atoms with van der Waals surface area (Å²) >= 11 is 0. The van der Waals surface area contributed by atoms with E-state index in [1.165, 1.54) is 0 Å². The number of likely N-dealkylation sites (N-methyl/N-ethyl adjacent to an activating group) is 1. The molecule has 0 fully saturated rings. The molecule has 0 saturated heterocycles. The largest absolute Gasteiger partial charge is 0.550 e. The van der Waals surface area contributed by atoms with Crippen molar-refractivity contribution in [1.29, 1.82) is 0 Å². The van der Waals surface area contributed by atoms with Crippen LogP contribution in [0.4, 0.5) is 5.82 Å². The van der Waals surface area contributed by atoms with E-state index in [0.717, 1.165) is 0 Å². The van der Waals surface area contributed by atoms with Crippen LogP contribution in [0.25, 0.3) is 0 Å². The van der Waals surface area contributed by atoms with Crippen molar-refractivity contribution < 1.29 is 19.7 Å². The van der Waals surface area contributed by atoms with Gasteiger partial charge in [0.15, 0.2) is 0 Å². The maximum atomic E-state index is 10.5. The molecule has 134 valence electrons. The molecule has 0 saturated carbocycles. The van der Waals surface area contributed by atoms with Crippen LogP contribution in [0.1, 0.15) is 17.2 Å². The van der Waals surface area contributed by atoms with Gasteiger partial charge >= 0.3 is 0 Å². The number of benzene rings is 1. The van der Waals surface area contributed by atoms with Crippen LogP contribution in [0.5, 0.6) is 5.75 Å². The van der Waals surface area contributed by atoms with Gasteiger partial charge in [-0.3, -0.25) is 0 Å². The fourth-order valence-corrected chi connectivity index (χ4v) is 2.30. The monoisotopic (exact) mass is 344 g/mol. The lowest BCUT2D eigenvalue weighted by Gasteiger charge is -2.20. The van der Waals surface area contributed by atoms with Crippen molar-refractivity contribution in [3.63, 3.8) is 0 Å². The highest BCUT2D eigenvalue weighted by Gasteiger charge is 2.11. The summed E-state index contributed by atoms with van der Waals surface area (Å²) in [6, 6.07) is 10.3. The highest BCUT2D eigenvalue weighted by Crippen LogP contribution is 2.14. The molecule has 7 nitrogen and oxygen atoms in total. The van der Waals surface area contributed by atoms with Crippen LogP contribution in [0.3, 0.4) is 0 Å². The molecule has 0 radical (unpaired) electrons. The maximum absolute atomic E-state index is 10.5. The van der Waals surface area contributed by atoms with E-state index < -0.39 is 12.1 Å². The van der Waals surface area contributed by atoms with Crippen molar-refractivity contribution in [2.24, 2.45) is 0 Å². The Morgan fingerprint density at radius 3 is 2.64 bits per heavy atom. The number of ether oxygens (including phenoxy) is 1. The quantitative estimate of drug-likeness (QED) is 0.658. The Morgan fingerprint density at radius 1 is 1.32 bits per heavy atom. The molecule has 0 aliphatic carbocycles. The summed E-state index contributed by atoms with van der Waals surface area (Å²) in [5, 5.41) is 20.7. The first-order valence-corrected chi connectivity index (χ1v) is 7.93. The van der Waals surface area contributed by atoms with E-state index in [2.05, 4.69) is 4.98 Å². The number of pyridine rings is 1. The third-order valence-corrected chi connectivity index (χ3v) is 3.69. The normalized spacial score (nSPS) is 12.1. The fourth-order valence-electron chi connectivity index (χ4n) is 2.30. The Balaban J connectivity index is 1.73. The van der Waals surface area contributed by atoms with Crippen molar-refractivity contribution in [3.05, 3.63) is 53.7 Å². The van der Waals surface area contributed by atoms with Crippen LogP contribution in [-0.4, -0.2) is 47.7 Å². The number of carboxylic acid groups (broad SMARTS) is 1. The third-order valence-electron chi connectivity index (χ3n) is 3.69. The molecule has 0 aliphatic heterocycles. The number of hydrogen-bond donors (Lipinski definition) is 2. The highest BCUT2D eigenvalue weighted by atomic mass is 16.5. The summed E-state index contributed by atoms with van der Waals surface area (Å²) in [5.74, 6) is -0.0210. The summed E-state index contributed by atoms with van der Waals surface area (Å²) in [5.41, 5.74) is 6.91. The molecular weight excluding hydrogens is 322 g/mol. The number of nitrogens with two attached hydrogens (primary N) is 1. The number of aliphatic hydroxyl groups excluding tert-OH is 1. The number of rotatable bonds is 9. The topological polar surface area (TPSA) is 112 Å². The van der Waals surface area contributed by atoms with Crippen molar-refractivity contribution in [2.45, 2.75) is 12.5 Å². The zero-order valence-corrected chi connectivity index (χ0v) is 14.1. The molecule has 1 heterocycles. The van der Waals surface area contributed by atoms with Gasteiger partial charge < -0.3 is 30.4 Å². The number of anilines is 1. The van der Waals surface area contributed by atoms with Crippen LogP contribution in [-0.2, 0) is 11.2 Å². The Kier molecular flexibility index (Phi) is 6.73. The minimum atomic E-state index is -1.11. The standard InChI is InChI=1S/C18H23N3O4/c1-21(12-16(22)14-4-7-17(19)20-11-14)8-9-25-15-5-2-13(3-6-15)10-18(23)24/h2-7,11,16,22H,8-10,12H2,1H3,(H2,19,20)(H,23,24)/p-1/t16-/m0/s1. The van der Waals surface area contributed by atoms with Crippen LogP contribution < -0.4 is 15.6 Å². The number of hydrogen-bond acceptors (Lipinski definition) is 7. The predicted molar refractivity (Wildman–Crippen MR) is 91.8 cm³/mol. The average Bonchev–Trinajstić information content (AvgIpc) is 2.56. The number of carbonyl (C=O) groups is 1. The van der Waals surface area contributed by atoms with Gasteiger partial charge in [0.2, 0.25) is 0 Å². The van der Waals surface area contributed by atoms with E-state index in [4.69, 9.17) is 10.5 Å². The van der Waals surface area contributed by atoms with Gasteiger partial charge in [-0.15, -0.1) is 0 Å². The maximum Gasteiger partial charge on any atom is 0.123 e. The molecular formula is C18H22N3O4-. The number of carbonyl (C=O) groups excluding carboxylic acids is 1. The van der Waals surface area contributed by atoms with Gasteiger partial charge in [-0.05, 0) is 30.8 Å². The van der Waals surface area contributed by atoms with Crippen molar-refractivity contribution in [3.8, 4) is 5.75 Å². The van der Waals surface area contributed by atoms with Gasteiger partial charge in [-0.2, -0.15) is 0 Å². The van der Waals surface area contributed by atoms with Gasteiger partial charge in [0.05, 0.1) is 6.10 Å². The molecule has 1 aromatic heterocycles. The van der Waals surface area contributed by atoms with Crippen LogP contribution in [0.15, 0.2) is 42.6 Å². The van der Waals surface area contributed by atoms with E-state index in [9.17, 15) is 15.0 Å². The highest BCUT2D eigenvalue weighted by molar-refractivity contribution is 5.67.